The van der Waals surface area contributed by atoms with E-state index in [1.54, 1.807) is 17.9 Å². The van der Waals surface area contributed by atoms with Gasteiger partial charge in [-0.3, -0.25) is 9.36 Å². The summed E-state index contributed by atoms with van der Waals surface area (Å²) in [6, 6.07) is 1.42. The number of rotatable bonds is 5. The molecule has 1 atom stereocenters. The number of alkyl halides is 2. The fourth-order valence-corrected chi connectivity index (χ4v) is 2.90. The average molecular weight is 325 g/mol. The Balaban J connectivity index is 1.76. The van der Waals surface area contributed by atoms with Gasteiger partial charge >= 0.3 is 5.97 Å². The predicted molar refractivity (Wildman–Crippen MR) is 76.2 cm³/mol. The average Bonchev–Trinajstić information content (AvgIpc) is 3.08. The van der Waals surface area contributed by atoms with Crippen molar-refractivity contribution >= 4 is 5.97 Å². The lowest BCUT2D eigenvalue weighted by atomic mass is 10.0. The van der Waals surface area contributed by atoms with Crippen LogP contribution in [0.2, 0.25) is 0 Å². The standard InChI is InChI=1S/C14H17F2N5O2/c1-20-7-8(12(19-20)13(15)16)6-17-9-3-2-4-21-11(9)5-10(18-21)14(22)23/h5,7,9,13,17H,2-4,6H2,1H3,(H,22,23). The zero-order valence-corrected chi connectivity index (χ0v) is 12.5. The number of aromatic nitrogens is 4. The fraction of sp³-hybridized carbons (Fsp3) is 0.500. The molecule has 0 aliphatic carbocycles. The van der Waals surface area contributed by atoms with Gasteiger partial charge in [0.2, 0.25) is 0 Å². The number of carbonyl (C=O) groups is 1. The molecule has 2 aromatic heterocycles. The fourth-order valence-electron chi connectivity index (χ4n) is 2.90. The number of aromatic carboxylic acids is 1. The molecule has 9 heteroatoms. The molecule has 0 radical (unpaired) electrons. The molecule has 0 fully saturated rings. The second-order valence-electron chi connectivity index (χ2n) is 5.57. The molecule has 0 saturated heterocycles. The first-order chi connectivity index (χ1) is 11.0. The second kappa shape index (κ2) is 6.07. The summed E-state index contributed by atoms with van der Waals surface area (Å²) in [5.41, 5.74) is 0.993. The van der Waals surface area contributed by atoms with Crippen LogP contribution in [0.4, 0.5) is 8.78 Å². The van der Waals surface area contributed by atoms with E-state index in [1.807, 2.05) is 0 Å². The topological polar surface area (TPSA) is 85.0 Å². The minimum absolute atomic E-state index is 0.00310. The highest BCUT2D eigenvalue weighted by atomic mass is 19.3. The maximum absolute atomic E-state index is 13.0. The van der Waals surface area contributed by atoms with E-state index in [4.69, 9.17) is 5.11 Å². The molecule has 0 aromatic carbocycles. The van der Waals surface area contributed by atoms with Gasteiger partial charge in [0.05, 0.1) is 5.69 Å². The summed E-state index contributed by atoms with van der Waals surface area (Å²) < 4.78 is 28.9. The van der Waals surface area contributed by atoms with Gasteiger partial charge in [-0.15, -0.1) is 0 Å². The summed E-state index contributed by atoms with van der Waals surface area (Å²) in [7, 11) is 1.60. The van der Waals surface area contributed by atoms with E-state index in [9.17, 15) is 13.6 Å². The predicted octanol–water partition coefficient (Wildman–Crippen LogP) is 1.88. The maximum Gasteiger partial charge on any atom is 0.356 e. The number of fused-ring (bicyclic) bond motifs is 1. The second-order valence-corrected chi connectivity index (χ2v) is 5.57. The SMILES string of the molecule is Cn1cc(CNC2CCCn3nc(C(=O)O)cc32)c(C(F)F)n1. The van der Waals surface area contributed by atoms with Gasteiger partial charge in [-0.2, -0.15) is 10.2 Å². The Kier molecular flexibility index (Phi) is 4.12. The third-order valence-electron chi connectivity index (χ3n) is 3.93. The molecule has 1 unspecified atom stereocenters. The summed E-state index contributed by atoms with van der Waals surface area (Å²) in [6.45, 7) is 0.904. The quantitative estimate of drug-likeness (QED) is 0.877. The Labute approximate surface area is 130 Å². The first-order valence-electron chi connectivity index (χ1n) is 7.30. The number of nitrogens with zero attached hydrogens (tertiary/aromatic N) is 4. The molecule has 3 rings (SSSR count). The summed E-state index contributed by atoms with van der Waals surface area (Å²) >= 11 is 0. The van der Waals surface area contributed by atoms with Crippen molar-refractivity contribution in [2.75, 3.05) is 0 Å². The monoisotopic (exact) mass is 325 g/mol. The Morgan fingerprint density at radius 3 is 3.00 bits per heavy atom. The Hall–Kier alpha value is -2.29. The molecule has 2 N–H and O–H groups in total. The van der Waals surface area contributed by atoms with Crippen LogP contribution in [0.25, 0.3) is 0 Å². The molecule has 124 valence electrons. The van der Waals surface area contributed by atoms with Gasteiger partial charge in [0.15, 0.2) is 5.69 Å². The highest BCUT2D eigenvalue weighted by molar-refractivity contribution is 5.85. The van der Waals surface area contributed by atoms with E-state index in [0.717, 1.165) is 18.5 Å². The van der Waals surface area contributed by atoms with Crippen molar-refractivity contribution in [3.05, 3.63) is 34.9 Å². The molecule has 3 heterocycles. The molecule has 1 aliphatic rings. The van der Waals surface area contributed by atoms with Gasteiger partial charge in [-0.05, 0) is 18.9 Å². The molecule has 2 aromatic rings. The molecule has 0 saturated carbocycles. The van der Waals surface area contributed by atoms with E-state index in [-0.39, 0.29) is 24.0 Å². The van der Waals surface area contributed by atoms with E-state index in [1.165, 1.54) is 10.7 Å². The smallest absolute Gasteiger partial charge is 0.356 e. The normalized spacial score (nSPS) is 17.5. The Bertz CT molecular complexity index is 725. The third-order valence-corrected chi connectivity index (χ3v) is 3.93. The summed E-state index contributed by atoms with van der Waals surface area (Å²) in [5.74, 6) is -1.07. The molecule has 0 spiro atoms. The van der Waals surface area contributed by atoms with Crippen LogP contribution in [0.1, 0.15) is 52.7 Å². The Morgan fingerprint density at radius 2 is 2.30 bits per heavy atom. The van der Waals surface area contributed by atoms with Crippen LogP contribution in [0.15, 0.2) is 12.3 Å². The van der Waals surface area contributed by atoms with Crippen LogP contribution < -0.4 is 5.32 Å². The minimum atomic E-state index is -2.62. The maximum atomic E-state index is 13.0. The van der Waals surface area contributed by atoms with Gasteiger partial charge in [0.1, 0.15) is 5.69 Å². The van der Waals surface area contributed by atoms with Crippen LogP contribution in [-0.2, 0) is 20.1 Å². The minimum Gasteiger partial charge on any atom is -0.476 e. The highest BCUT2D eigenvalue weighted by Gasteiger charge is 2.25. The lowest BCUT2D eigenvalue weighted by Crippen LogP contribution is -2.27. The molecule has 7 nitrogen and oxygen atoms in total. The molecule has 1 aliphatic heterocycles. The van der Waals surface area contributed by atoms with Crippen LogP contribution in [0.3, 0.4) is 0 Å². The first kappa shape index (κ1) is 15.6. The van der Waals surface area contributed by atoms with Gasteiger partial charge in [0, 0.05) is 37.9 Å². The molecular weight excluding hydrogens is 308 g/mol. The molecule has 23 heavy (non-hydrogen) atoms. The van der Waals surface area contributed by atoms with E-state index < -0.39 is 12.4 Å². The van der Waals surface area contributed by atoms with Crippen molar-refractivity contribution in [3.63, 3.8) is 0 Å². The summed E-state index contributed by atoms with van der Waals surface area (Å²) in [5, 5.41) is 20.1. The van der Waals surface area contributed by atoms with Crippen molar-refractivity contribution in [2.45, 2.75) is 38.4 Å². The lowest BCUT2D eigenvalue weighted by Gasteiger charge is -2.24. The van der Waals surface area contributed by atoms with E-state index in [2.05, 4.69) is 15.5 Å². The molecule has 0 amide bonds. The summed E-state index contributed by atoms with van der Waals surface area (Å²) in [6.07, 6.45) is 0.593. The number of nitrogens with one attached hydrogen (secondary N) is 1. The number of hydrogen-bond acceptors (Lipinski definition) is 4. The lowest BCUT2D eigenvalue weighted by molar-refractivity contribution is 0.0689. The van der Waals surface area contributed by atoms with Gasteiger partial charge in [-0.1, -0.05) is 0 Å². The molecular formula is C14H17F2N5O2. The van der Waals surface area contributed by atoms with E-state index in [0.29, 0.717) is 12.1 Å². The van der Waals surface area contributed by atoms with Crippen LogP contribution in [0.5, 0.6) is 0 Å². The van der Waals surface area contributed by atoms with Crippen molar-refractivity contribution in [1.82, 2.24) is 24.9 Å². The van der Waals surface area contributed by atoms with Crippen LogP contribution in [0, 0.1) is 0 Å². The van der Waals surface area contributed by atoms with Gasteiger partial charge in [0.25, 0.3) is 6.43 Å². The van der Waals surface area contributed by atoms with Crippen molar-refractivity contribution in [1.29, 1.82) is 0 Å². The van der Waals surface area contributed by atoms with Crippen molar-refractivity contribution in [3.8, 4) is 0 Å². The zero-order chi connectivity index (χ0) is 16.6. The van der Waals surface area contributed by atoms with E-state index >= 15 is 0 Å². The van der Waals surface area contributed by atoms with Gasteiger partial charge in [-0.25, -0.2) is 13.6 Å². The number of carboxylic acids is 1. The molecule has 0 bridgehead atoms. The summed E-state index contributed by atoms with van der Waals surface area (Å²) in [4.78, 5) is 11.0. The first-order valence-corrected chi connectivity index (χ1v) is 7.30. The number of carboxylic acid groups (broad SMARTS) is 1. The highest BCUT2D eigenvalue weighted by Crippen LogP contribution is 2.27. The largest absolute Gasteiger partial charge is 0.476 e. The number of hydrogen-bond donors (Lipinski definition) is 2. The zero-order valence-electron chi connectivity index (χ0n) is 12.5. The van der Waals surface area contributed by atoms with Gasteiger partial charge < -0.3 is 10.4 Å². The van der Waals surface area contributed by atoms with Crippen molar-refractivity contribution in [2.24, 2.45) is 7.05 Å². The number of halogens is 2. The van der Waals surface area contributed by atoms with Crippen LogP contribution in [-0.4, -0.2) is 30.6 Å². The number of aryl methyl sites for hydroxylation is 2. The Morgan fingerprint density at radius 1 is 1.52 bits per heavy atom. The van der Waals surface area contributed by atoms with Crippen LogP contribution >= 0.6 is 0 Å². The third kappa shape index (κ3) is 3.09. The van der Waals surface area contributed by atoms with Crippen molar-refractivity contribution < 1.29 is 18.7 Å².